The molecule has 1 heterocycles. The fourth-order valence-electron chi connectivity index (χ4n) is 1.71. The third-order valence-corrected chi connectivity index (χ3v) is 2.86. The molecule has 0 fully saturated rings. The third-order valence-electron chi connectivity index (χ3n) is 2.86. The van der Waals surface area contributed by atoms with E-state index in [0.29, 0.717) is 17.8 Å². The molecular formula is C15H14FN3O2. The highest BCUT2D eigenvalue weighted by atomic mass is 19.1. The Morgan fingerprint density at radius 2 is 1.86 bits per heavy atom. The molecule has 0 radical (unpaired) electrons. The van der Waals surface area contributed by atoms with Gasteiger partial charge in [-0.25, -0.2) is 14.4 Å². The van der Waals surface area contributed by atoms with Gasteiger partial charge in [-0.1, -0.05) is 0 Å². The van der Waals surface area contributed by atoms with Crippen LogP contribution in [0.2, 0.25) is 0 Å². The molecule has 2 rings (SSSR count). The minimum absolute atomic E-state index is 0.0846. The van der Waals surface area contributed by atoms with Crippen molar-refractivity contribution in [2.24, 2.45) is 0 Å². The first-order valence-corrected chi connectivity index (χ1v) is 6.45. The van der Waals surface area contributed by atoms with E-state index in [9.17, 15) is 14.0 Å². The number of nitrogens with one attached hydrogen (secondary N) is 1. The van der Waals surface area contributed by atoms with Crippen molar-refractivity contribution in [3.05, 3.63) is 59.9 Å². The van der Waals surface area contributed by atoms with Crippen molar-refractivity contribution in [1.29, 1.82) is 0 Å². The fourth-order valence-corrected chi connectivity index (χ4v) is 1.71. The van der Waals surface area contributed by atoms with Crippen molar-refractivity contribution >= 4 is 11.7 Å². The highest BCUT2D eigenvalue weighted by molar-refractivity contribution is 5.97. The average molecular weight is 287 g/mol. The average Bonchev–Trinajstić information content (AvgIpc) is 2.52. The van der Waals surface area contributed by atoms with Crippen LogP contribution in [0.5, 0.6) is 0 Å². The second kappa shape index (κ2) is 7.23. The number of carbonyl (C=O) groups is 2. The zero-order valence-electron chi connectivity index (χ0n) is 11.3. The number of aromatic nitrogens is 2. The lowest BCUT2D eigenvalue weighted by Gasteiger charge is -2.04. The molecule has 0 aliphatic heterocycles. The lowest BCUT2D eigenvalue weighted by molar-refractivity contribution is -0.121. The quantitative estimate of drug-likeness (QED) is 0.824. The van der Waals surface area contributed by atoms with Gasteiger partial charge in [0.2, 0.25) is 5.91 Å². The summed E-state index contributed by atoms with van der Waals surface area (Å²) < 4.78 is 12.7. The van der Waals surface area contributed by atoms with Crippen LogP contribution in [0.15, 0.2) is 42.9 Å². The standard InChI is InChI=1S/C15H14FN3O2/c16-12-3-1-11(2-4-12)14(20)5-6-15(21)18-9-13-7-8-17-10-19-13/h1-4,7-8,10H,5-6,9H2,(H,18,21). The second-order valence-electron chi connectivity index (χ2n) is 4.41. The zero-order chi connectivity index (χ0) is 15.1. The Labute approximate surface area is 121 Å². The first-order valence-electron chi connectivity index (χ1n) is 6.45. The van der Waals surface area contributed by atoms with Crippen LogP contribution in [0.4, 0.5) is 4.39 Å². The fraction of sp³-hybridized carbons (Fsp3) is 0.200. The first kappa shape index (κ1) is 14.8. The van der Waals surface area contributed by atoms with E-state index in [2.05, 4.69) is 15.3 Å². The van der Waals surface area contributed by atoms with Crippen molar-refractivity contribution in [2.45, 2.75) is 19.4 Å². The molecule has 1 amide bonds. The summed E-state index contributed by atoms with van der Waals surface area (Å²) in [5, 5.41) is 2.67. The molecule has 1 aromatic carbocycles. The Kier molecular flexibility index (Phi) is 5.09. The van der Waals surface area contributed by atoms with Crippen molar-refractivity contribution in [2.75, 3.05) is 0 Å². The minimum Gasteiger partial charge on any atom is -0.350 e. The van der Waals surface area contributed by atoms with Crippen molar-refractivity contribution in [1.82, 2.24) is 15.3 Å². The maximum Gasteiger partial charge on any atom is 0.220 e. The molecule has 0 aliphatic carbocycles. The molecule has 5 nitrogen and oxygen atoms in total. The predicted molar refractivity (Wildman–Crippen MR) is 73.8 cm³/mol. The minimum atomic E-state index is -0.394. The van der Waals surface area contributed by atoms with Crippen LogP contribution < -0.4 is 5.32 Å². The van der Waals surface area contributed by atoms with Crippen molar-refractivity contribution < 1.29 is 14.0 Å². The lowest BCUT2D eigenvalue weighted by atomic mass is 10.1. The normalized spacial score (nSPS) is 10.1. The number of hydrogen-bond acceptors (Lipinski definition) is 4. The summed E-state index contributed by atoms with van der Waals surface area (Å²) in [6.45, 7) is 0.298. The number of hydrogen-bond donors (Lipinski definition) is 1. The Morgan fingerprint density at radius 1 is 1.10 bits per heavy atom. The molecular weight excluding hydrogens is 273 g/mol. The van der Waals surface area contributed by atoms with Gasteiger partial charge in [0.1, 0.15) is 12.1 Å². The molecule has 0 atom stereocenters. The summed E-state index contributed by atoms with van der Waals surface area (Å²) in [5.41, 5.74) is 1.10. The van der Waals surface area contributed by atoms with Crippen LogP contribution in [0.25, 0.3) is 0 Å². The van der Waals surface area contributed by atoms with E-state index in [1.165, 1.54) is 30.6 Å². The Bertz CT molecular complexity index is 615. The molecule has 0 bridgehead atoms. The Balaban J connectivity index is 1.76. The summed E-state index contributed by atoms with van der Waals surface area (Å²) in [5.74, 6) is -0.814. The number of Topliss-reactive ketones (excluding diaryl/α,β-unsaturated/α-hetero) is 1. The summed E-state index contributed by atoms with van der Waals surface area (Å²) in [4.78, 5) is 31.2. The maximum absolute atomic E-state index is 12.7. The van der Waals surface area contributed by atoms with Gasteiger partial charge in [0.25, 0.3) is 0 Å². The van der Waals surface area contributed by atoms with Gasteiger partial charge < -0.3 is 5.32 Å². The van der Waals surface area contributed by atoms with Crippen LogP contribution in [0.3, 0.4) is 0 Å². The molecule has 0 saturated carbocycles. The van der Waals surface area contributed by atoms with Gasteiger partial charge in [0.05, 0.1) is 12.2 Å². The lowest BCUT2D eigenvalue weighted by Crippen LogP contribution is -2.23. The summed E-state index contributed by atoms with van der Waals surface area (Å²) in [6, 6.07) is 6.97. The van der Waals surface area contributed by atoms with E-state index in [-0.39, 0.29) is 24.5 Å². The number of halogens is 1. The Morgan fingerprint density at radius 3 is 2.52 bits per heavy atom. The van der Waals surface area contributed by atoms with Crippen LogP contribution in [-0.2, 0) is 11.3 Å². The largest absolute Gasteiger partial charge is 0.350 e. The van der Waals surface area contributed by atoms with Gasteiger partial charge in [0, 0.05) is 24.6 Å². The molecule has 1 N–H and O–H groups in total. The molecule has 6 heteroatoms. The van der Waals surface area contributed by atoms with E-state index in [4.69, 9.17) is 0 Å². The van der Waals surface area contributed by atoms with E-state index in [1.807, 2.05) is 0 Å². The molecule has 0 unspecified atom stereocenters. The van der Waals surface area contributed by atoms with Crippen LogP contribution in [-0.4, -0.2) is 21.7 Å². The van der Waals surface area contributed by atoms with E-state index in [0.717, 1.165) is 0 Å². The smallest absolute Gasteiger partial charge is 0.220 e. The molecule has 2 aromatic rings. The van der Waals surface area contributed by atoms with Gasteiger partial charge in [-0.05, 0) is 30.3 Å². The second-order valence-corrected chi connectivity index (χ2v) is 4.41. The van der Waals surface area contributed by atoms with Crippen LogP contribution >= 0.6 is 0 Å². The van der Waals surface area contributed by atoms with E-state index >= 15 is 0 Å². The number of benzene rings is 1. The molecule has 0 spiro atoms. The monoisotopic (exact) mass is 287 g/mol. The van der Waals surface area contributed by atoms with E-state index in [1.54, 1.807) is 12.3 Å². The number of nitrogens with zero attached hydrogens (tertiary/aromatic N) is 2. The third kappa shape index (κ3) is 4.76. The molecule has 0 saturated heterocycles. The van der Waals surface area contributed by atoms with Gasteiger partial charge in [-0.2, -0.15) is 0 Å². The SMILES string of the molecule is O=C(CCC(=O)c1ccc(F)cc1)NCc1ccncn1. The summed E-state index contributed by atoms with van der Waals surface area (Å²) >= 11 is 0. The molecule has 21 heavy (non-hydrogen) atoms. The molecule has 1 aromatic heterocycles. The topological polar surface area (TPSA) is 72.0 Å². The predicted octanol–water partition coefficient (Wildman–Crippen LogP) is 1.90. The molecule has 108 valence electrons. The Hall–Kier alpha value is -2.63. The number of rotatable bonds is 6. The van der Waals surface area contributed by atoms with E-state index < -0.39 is 5.82 Å². The highest BCUT2D eigenvalue weighted by Crippen LogP contribution is 2.07. The summed E-state index contributed by atoms with van der Waals surface area (Å²) in [7, 11) is 0. The molecule has 0 aliphatic rings. The van der Waals surface area contributed by atoms with Crippen LogP contribution in [0, 0.1) is 5.82 Å². The van der Waals surface area contributed by atoms with Gasteiger partial charge in [0.15, 0.2) is 5.78 Å². The highest BCUT2D eigenvalue weighted by Gasteiger charge is 2.09. The first-order chi connectivity index (χ1) is 10.1. The number of amides is 1. The summed E-state index contributed by atoms with van der Waals surface area (Å²) in [6.07, 6.45) is 3.16. The van der Waals surface area contributed by atoms with Crippen molar-refractivity contribution in [3.8, 4) is 0 Å². The number of carbonyl (C=O) groups excluding carboxylic acids is 2. The number of ketones is 1. The van der Waals surface area contributed by atoms with Crippen LogP contribution in [0.1, 0.15) is 28.9 Å². The maximum atomic E-state index is 12.7. The zero-order valence-corrected chi connectivity index (χ0v) is 11.3. The van der Waals surface area contributed by atoms with Gasteiger partial charge >= 0.3 is 0 Å². The van der Waals surface area contributed by atoms with Gasteiger partial charge in [-0.15, -0.1) is 0 Å². The van der Waals surface area contributed by atoms with Crippen molar-refractivity contribution in [3.63, 3.8) is 0 Å². The van der Waals surface area contributed by atoms with Gasteiger partial charge in [-0.3, -0.25) is 9.59 Å².